The Hall–Kier alpha value is -1.38. The summed E-state index contributed by atoms with van der Waals surface area (Å²) in [5, 5.41) is 7.90. The molecule has 3 heteroatoms. The highest BCUT2D eigenvalue weighted by Gasteiger charge is 2.23. The molecule has 2 nitrogen and oxygen atoms in total. The predicted molar refractivity (Wildman–Crippen MR) is 63.1 cm³/mol. The fourth-order valence-electron chi connectivity index (χ4n) is 2.26. The van der Waals surface area contributed by atoms with Crippen molar-refractivity contribution in [3.05, 3.63) is 35.6 Å². The smallest absolute Gasteiger partial charge is 0.128 e. The zero-order chi connectivity index (χ0) is 11.5. The van der Waals surface area contributed by atoms with Gasteiger partial charge in [-0.25, -0.2) is 4.39 Å². The molecule has 0 aromatic heterocycles. The van der Waals surface area contributed by atoms with Gasteiger partial charge in [0.25, 0.3) is 0 Å². The number of rotatable bonds is 2. The van der Waals surface area contributed by atoms with Crippen LogP contribution in [-0.2, 0) is 0 Å². The number of piperidine rings is 1. The molecule has 1 aliphatic rings. The second kappa shape index (κ2) is 4.64. The van der Waals surface area contributed by atoms with Crippen molar-refractivity contribution < 1.29 is 4.39 Å². The van der Waals surface area contributed by atoms with Crippen molar-refractivity contribution in [2.75, 3.05) is 6.54 Å². The Labute approximate surface area is 95.6 Å². The van der Waals surface area contributed by atoms with Crippen molar-refractivity contribution in [3.63, 3.8) is 0 Å². The summed E-state index contributed by atoms with van der Waals surface area (Å²) in [5.74, 6) is 0.468. The highest BCUT2D eigenvalue weighted by Crippen LogP contribution is 2.26. The van der Waals surface area contributed by atoms with E-state index in [4.69, 9.17) is 5.41 Å². The minimum atomic E-state index is -0.173. The molecule has 1 aromatic carbocycles. The molecule has 1 aliphatic heterocycles. The first-order chi connectivity index (χ1) is 7.70. The average molecular weight is 220 g/mol. The summed E-state index contributed by atoms with van der Waals surface area (Å²) in [6.07, 6.45) is 3.00. The maximum atomic E-state index is 13.6. The van der Waals surface area contributed by atoms with Crippen LogP contribution in [0.2, 0.25) is 0 Å². The molecule has 16 heavy (non-hydrogen) atoms. The van der Waals surface area contributed by atoms with Crippen LogP contribution in [0.1, 0.15) is 37.8 Å². The summed E-state index contributed by atoms with van der Waals surface area (Å²) in [4.78, 5) is 2.00. The van der Waals surface area contributed by atoms with Crippen LogP contribution < -0.4 is 0 Å². The Morgan fingerprint density at radius 1 is 1.31 bits per heavy atom. The van der Waals surface area contributed by atoms with Crippen molar-refractivity contribution in [1.29, 1.82) is 5.41 Å². The number of nitrogens with zero attached hydrogens (tertiary/aromatic N) is 1. The Bertz CT molecular complexity index is 389. The molecule has 1 N–H and O–H groups in total. The van der Waals surface area contributed by atoms with E-state index in [0.717, 1.165) is 25.8 Å². The van der Waals surface area contributed by atoms with Gasteiger partial charge in [0.1, 0.15) is 5.82 Å². The summed E-state index contributed by atoms with van der Waals surface area (Å²) in [6.45, 7) is 2.84. The third kappa shape index (κ3) is 2.08. The first-order valence-electron chi connectivity index (χ1n) is 5.78. The fourth-order valence-corrected chi connectivity index (χ4v) is 2.26. The van der Waals surface area contributed by atoms with Gasteiger partial charge >= 0.3 is 0 Å². The summed E-state index contributed by atoms with van der Waals surface area (Å²) >= 11 is 0. The van der Waals surface area contributed by atoms with Crippen molar-refractivity contribution in [1.82, 2.24) is 4.90 Å². The number of nitrogens with one attached hydrogen (secondary N) is 1. The van der Waals surface area contributed by atoms with E-state index in [1.807, 2.05) is 24.0 Å². The van der Waals surface area contributed by atoms with Crippen molar-refractivity contribution in [2.45, 2.75) is 32.2 Å². The molecule has 0 spiro atoms. The lowest BCUT2D eigenvalue weighted by atomic mass is 10.0. The van der Waals surface area contributed by atoms with Crippen LogP contribution in [0, 0.1) is 11.2 Å². The quantitative estimate of drug-likeness (QED) is 0.813. The molecule has 1 heterocycles. The first kappa shape index (κ1) is 11.1. The molecule has 0 amide bonds. The van der Waals surface area contributed by atoms with Gasteiger partial charge in [0.15, 0.2) is 0 Å². The van der Waals surface area contributed by atoms with E-state index in [1.165, 1.54) is 6.07 Å². The van der Waals surface area contributed by atoms with Crippen LogP contribution >= 0.6 is 0 Å². The van der Waals surface area contributed by atoms with Gasteiger partial charge in [-0.05, 0) is 25.8 Å². The Balaban J connectivity index is 2.21. The maximum Gasteiger partial charge on any atom is 0.128 e. The minimum absolute atomic E-state index is 0.0333. The van der Waals surface area contributed by atoms with Crippen LogP contribution in [-0.4, -0.2) is 17.3 Å². The second-order valence-electron chi connectivity index (χ2n) is 4.29. The summed E-state index contributed by atoms with van der Waals surface area (Å²) in [7, 11) is 0. The zero-order valence-electron chi connectivity index (χ0n) is 9.54. The topological polar surface area (TPSA) is 27.1 Å². The monoisotopic (exact) mass is 220 g/mol. The number of benzene rings is 1. The van der Waals surface area contributed by atoms with Gasteiger partial charge < -0.3 is 4.90 Å². The lowest BCUT2D eigenvalue weighted by Gasteiger charge is -2.35. The van der Waals surface area contributed by atoms with Crippen LogP contribution in [0.4, 0.5) is 4.39 Å². The van der Waals surface area contributed by atoms with E-state index >= 15 is 0 Å². The zero-order valence-corrected chi connectivity index (χ0v) is 9.54. The van der Waals surface area contributed by atoms with Crippen molar-refractivity contribution >= 4 is 5.84 Å². The minimum Gasteiger partial charge on any atom is -0.354 e. The summed E-state index contributed by atoms with van der Waals surface area (Å²) in [5.41, 5.74) is 0.689. The molecule has 2 rings (SSSR count). The molecular formula is C13H17FN2. The van der Waals surface area contributed by atoms with Gasteiger partial charge in [-0.3, -0.25) is 5.41 Å². The van der Waals surface area contributed by atoms with Gasteiger partial charge in [-0.1, -0.05) is 18.2 Å². The molecule has 0 saturated carbocycles. The third-order valence-electron chi connectivity index (χ3n) is 3.23. The summed E-state index contributed by atoms with van der Waals surface area (Å²) < 4.78 is 13.6. The third-order valence-corrected chi connectivity index (χ3v) is 3.23. The second-order valence-corrected chi connectivity index (χ2v) is 4.29. The highest BCUT2D eigenvalue weighted by molar-refractivity contribution is 5.80. The molecular weight excluding hydrogens is 203 g/mol. The highest BCUT2D eigenvalue weighted by atomic mass is 19.1. The number of amidine groups is 1. The first-order valence-corrected chi connectivity index (χ1v) is 5.78. The van der Waals surface area contributed by atoms with Gasteiger partial charge in [0, 0.05) is 18.5 Å². The molecule has 1 aromatic rings. The van der Waals surface area contributed by atoms with E-state index in [1.54, 1.807) is 6.07 Å². The Kier molecular flexibility index (Phi) is 3.22. The van der Waals surface area contributed by atoms with Gasteiger partial charge in [-0.2, -0.15) is 0 Å². The lowest BCUT2D eigenvalue weighted by Crippen LogP contribution is -2.37. The SMILES string of the molecule is CC(c1ccccc1F)N1CCCCC1=N. The van der Waals surface area contributed by atoms with E-state index < -0.39 is 0 Å². The van der Waals surface area contributed by atoms with E-state index in [2.05, 4.69) is 0 Å². The molecule has 1 atom stereocenters. The molecule has 86 valence electrons. The Morgan fingerprint density at radius 3 is 2.75 bits per heavy atom. The summed E-state index contributed by atoms with van der Waals surface area (Å²) in [6, 6.07) is 6.81. The van der Waals surface area contributed by atoms with Gasteiger partial charge in [0.2, 0.25) is 0 Å². The van der Waals surface area contributed by atoms with E-state index in [9.17, 15) is 4.39 Å². The van der Waals surface area contributed by atoms with Crippen LogP contribution in [0.25, 0.3) is 0 Å². The number of hydrogen-bond donors (Lipinski definition) is 1. The standard InChI is InChI=1S/C13H17FN2/c1-10(11-6-2-3-7-12(11)14)16-9-5-4-8-13(16)15/h2-3,6-7,10,15H,4-5,8-9H2,1H3. The molecule has 0 radical (unpaired) electrons. The molecule has 0 aliphatic carbocycles. The Morgan fingerprint density at radius 2 is 2.06 bits per heavy atom. The lowest BCUT2D eigenvalue weighted by molar-refractivity contribution is 0.293. The fraction of sp³-hybridized carbons (Fsp3) is 0.462. The van der Waals surface area contributed by atoms with Crippen molar-refractivity contribution in [3.8, 4) is 0 Å². The average Bonchev–Trinajstić information content (AvgIpc) is 2.29. The number of halogens is 1. The van der Waals surface area contributed by atoms with Crippen molar-refractivity contribution in [2.24, 2.45) is 0 Å². The van der Waals surface area contributed by atoms with E-state index in [0.29, 0.717) is 11.4 Å². The normalized spacial score (nSPS) is 18.6. The molecule has 1 saturated heterocycles. The molecule has 1 fully saturated rings. The number of likely N-dealkylation sites (tertiary alicyclic amines) is 1. The van der Waals surface area contributed by atoms with E-state index in [-0.39, 0.29) is 11.9 Å². The number of hydrogen-bond acceptors (Lipinski definition) is 1. The molecule has 1 unspecified atom stereocenters. The van der Waals surface area contributed by atoms with Gasteiger partial charge in [0.05, 0.1) is 11.9 Å². The predicted octanol–water partition coefficient (Wildman–Crippen LogP) is 3.35. The van der Waals surface area contributed by atoms with Crippen LogP contribution in [0.3, 0.4) is 0 Å². The maximum absolute atomic E-state index is 13.6. The van der Waals surface area contributed by atoms with Crippen LogP contribution in [0.5, 0.6) is 0 Å². The van der Waals surface area contributed by atoms with Crippen LogP contribution in [0.15, 0.2) is 24.3 Å². The largest absolute Gasteiger partial charge is 0.354 e. The molecule has 0 bridgehead atoms. The van der Waals surface area contributed by atoms with Gasteiger partial charge in [-0.15, -0.1) is 0 Å².